The largest absolute Gasteiger partial charge is 0.396 e. The minimum atomic E-state index is -1.62. The van der Waals surface area contributed by atoms with E-state index in [2.05, 4.69) is 5.32 Å². The molecule has 0 aliphatic rings. The Bertz CT molecular complexity index is 512. The zero-order chi connectivity index (χ0) is 14.8. The molecular weight excluding hydrogens is 267 g/mol. The maximum absolute atomic E-state index is 13.3. The van der Waals surface area contributed by atoms with Gasteiger partial charge in [0.15, 0.2) is 0 Å². The first-order valence-corrected chi connectivity index (χ1v) is 7.11. The number of carbonyl (C=O) groups excluding carboxylic acids is 1. The van der Waals surface area contributed by atoms with Crippen LogP contribution in [0, 0.1) is 5.82 Å². The second-order valence-corrected chi connectivity index (χ2v) is 7.14. The van der Waals surface area contributed by atoms with Gasteiger partial charge in [-0.1, -0.05) is 0 Å². The second-order valence-electron chi connectivity index (χ2n) is 5.36. The lowest BCUT2D eigenvalue weighted by molar-refractivity contribution is -0.121. The normalized spacial score (nSPS) is 14.8. The van der Waals surface area contributed by atoms with Gasteiger partial charge in [0.1, 0.15) is 11.1 Å². The molecule has 1 aromatic rings. The SMILES string of the molecule is CC(C(=O)NC(C)(C)C)S(=O)c1ccc(N)c(F)c1. The number of halogens is 1. The molecule has 0 aliphatic carbocycles. The third-order valence-electron chi connectivity index (χ3n) is 2.39. The summed E-state index contributed by atoms with van der Waals surface area (Å²) in [6, 6.07) is 3.92. The molecule has 0 saturated carbocycles. The van der Waals surface area contributed by atoms with E-state index in [-0.39, 0.29) is 16.5 Å². The molecule has 106 valence electrons. The average molecular weight is 286 g/mol. The Labute approximate surface area is 115 Å². The molecular formula is C13H19FN2O2S. The number of benzene rings is 1. The molecule has 6 heteroatoms. The van der Waals surface area contributed by atoms with Gasteiger partial charge in [0.25, 0.3) is 0 Å². The van der Waals surface area contributed by atoms with Crippen molar-refractivity contribution in [2.24, 2.45) is 0 Å². The molecule has 1 aromatic carbocycles. The zero-order valence-electron chi connectivity index (χ0n) is 11.5. The van der Waals surface area contributed by atoms with Gasteiger partial charge in [-0.15, -0.1) is 0 Å². The standard InChI is InChI=1S/C13H19FN2O2S/c1-8(12(17)16-13(2,3)4)19(18)9-5-6-11(15)10(14)7-9/h5-8H,15H2,1-4H3,(H,16,17). The first kappa shape index (κ1) is 15.6. The highest BCUT2D eigenvalue weighted by molar-refractivity contribution is 7.86. The van der Waals surface area contributed by atoms with Crippen LogP contribution in [-0.2, 0) is 15.6 Å². The van der Waals surface area contributed by atoms with Crippen LogP contribution in [0.2, 0.25) is 0 Å². The van der Waals surface area contributed by atoms with E-state index in [1.807, 2.05) is 20.8 Å². The Morgan fingerprint density at radius 2 is 2.00 bits per heavy atom. The molecule has 0 fully saturated rings. The highest BCUT2D eigenvalue weighted by Gasteiger charge is 2.25. The third kappa shape index (κ3) is 4.31. The number of carbonyl (C=O) groups is 1. The van der Waals surface area contributed by atoms with E-state index >= 15 is 0 Å². The monoisotopic (exact) mass is 286 g/mol. The summed E-state index contributed by atoms with van der Waals surface area (Å²) in [7, 11) is -1.62. The summed E-state index contributed by atoms with van der Waals surface area (Å²) in [6.07, 6.45) is 0. The van der Waals surface area contributed by atoms with Crippen LogP contribution in [0.15, 0.2) is 23.1 Å². The van der Waals surface area contributed by atoms with Crippen molar-refractivity contribution >= 4 is 22.4 Å². The van der Waals surface area contributed by atoms with Gasteiger partial charge >= 0.3 is 0 Å². The van der Waals surface area contributed by atoms with Crippen LogP contribution in [0.5, 0.6) is 0 Å². The third-order valence-corrected chi connectivity index (χ3v) is 3.97. The Kier molecular flexibility index (Phi) is 4.68. The van der Waals surface area contributed by atoms with Crippen LogP contribution in [-0.4, -0.2) is 20.9 Å². The van der Waals surface area contributed by atoms with Crippen LogP contribution in [0.1, 0.15) is 27.7 Å². The molecule has 0 heterocycles. The van der Waals surface area contributed by atoms with Crippen molar-refractivity contribution in [2.45, 2.75) is 43.4 Å². The maximum Gasteiger partial charge on any atom is 0.236 e. The van der Waals surface area contributed by atoms with E-state index < -0.39 is 27.4 Å². The van der Waals surface area contributed by atoms with Gasteiger partial charge in [0, 0.05) is 10.4 Å². The summed E-state index contributed by atoms with van der Waals surface area (Å²) in [5, 5.41) is 1.98. The van der Waals surface area contributed by atoms with E-state index in [0.717, 1.165) is 6.07 Å². The average Bonchev–Trinajstić information content (AvgIpc) is 2.28. The molecule has 2 atom stereocenters. The lowest BCUT2D eigenvalue weighted by atomic mass is 10.1. The maximum atomic E-state index is 13.3. The van der Waals surface area contributed by atoms with Crippen LogP contribution in [0.4, 0.5) is 10.1 Å². The molecule has 1 rings (SSSR count). The summed E-state index contributed by atoms with van der Waals surface area (Å²) >= 11 is 0. The Balaban J connectivity index is 2.87. The summed E-state index contributed by atoms with van der Waals surface area (Å²) in [5.41, 5.74) is 4.95. The van der Waals surface area contributed by atoms with Crippen molar-refractivity contribution in [3.05, 3.63) is 24.0 Å². The van der Waals surface area contributed by atoms with Crippen LogP contribution in [0.3, 0.4) is 0 Å². The Morgan fingerprint density at radius 1 is 1.42 bits per heavy atom. The summed E-state index contributed by atoms with van der Waals surface area (Å²) < 4.78 is 25.5. The minimum absolute atomic E-state index is 0.00690. The fourth-order valence-corrected chi connectivity index (χ4v) is 2.49. The van der Waals surface area contributed by atoms with Gasteiger partial charge in [0.2, 0.25) is 5.91 Å². The summed E-state index contributed by atoms with van der Waals surface area (Å²) in [6.45, 7) is 7.06. The quantitative estimate of drug-likeness (QED) is 0.833. The number of hydrogen-bond donors (Lipinski definition) is 2. The molecule has 2 unspecified atom stereocenters. The van der Waals surface area contributed by atoms with E-state index in [1.165, 1.54) is 12.1 Å². The lowest BCUT2D eigenvalue weighted by Gasteiger charge is -2.23. The molecule has 0 spiro atoms. The first-order valence-electron chi connectivity index (χ1n) is 5.89. The van der Waals surface area contributed by atoms with Crippen LogP contribution < -0.4 is 11.1 Å². The predicted octanol–water partition coefficient (Wildman–Crippen LogP) is 1.82. The number of nitrogen functional groups attached to an aromatic ring is 1. The highest BCUT2D eigenvalue weighted by atomic mass is 32.2. The van der Waals surface area contributed by atoms with Crippen molar-refractivity contribution < 1.29 is 13.4 Å². The van der Waals surface area contributed by atoms with E-state index in [4.69, 9.17) is 5.73 Å². The Hall–Kier alpha value is -1.43. The van der Waals surface area contributed by atoms with E-state index in [0.29, 0.717) is 0 Å². The van der Waals surface area contributed by atoms with Gasteiger partial charge in [-0.25, -0.2) is 4.39 Å². The van der Waals surface area contributed by atoms with Crippen molar-refractivity contribution in [3.63, 3.8) is 0 Å². The molecule has 0 radical (unpaired) electrons. The minimum Gasteiger partial charge on any atom is -0.396 e. The predicted molar refractivity (Wildman–Crippen MR) is 74.6 cm³/mol. The molecule has 0 bridgehead atoms. The fraction of sp³-hybridized carbons (Fsp3) is 0.462. The van der Waals surface area contributed by atoms with E-state index in [9.17, 15) is 13.4 Å². The molecule has 0 saturated heterocycles. The van der Waals surface area contributed by atoms with Crippen LogP contribution >= 0.6 is 0 Å². The number of amides is 1. The lowest BCUT2D eigenvalue weighted by Crippen LogP contribution is -2.46. The van der Waals surface area contributed by atoms with Gasteiger partial charge < -0.3 is 11.1 Å². The summed E-state index contributed by atoms with van der Waals surface area (Å²) in [5.74, 6) is -0.961. The van der Waals surface area contributed by atoms with Gasteiger partial charge in [-0.05, 0) is 45.9 Å². The zero-order valence-corrected chi connectivity index (χ0v) is 12.3. The number of nitrogens with one attached hydrogen (secondary N) is 1. The second kappa shape index (κ2) is 5.69. The van der Waals surface area contributed by atoms with Crippen molar-refractivity contribution in [1.82, 2.24) is 5.32 Å². The fourth-order valence-electron chi connectivity index (χ4n) is 1.41. The number of rotatable bonds is 3. The highest BCUT2D eigenvalue weighted by Crippen LogP contribution is 2.18. The number of hydrogen-bond acceptors (Lipinski definition) is 3. The van der Waals surface area contributed by atoms with Crippen molar-refractivity contribution in [1.29, 1.82) is 0 Å². The van der Waals surface area contributed by atoms with Crippen molar-refractivity contribution in [2.75, 3.05) is 5.73 Å². The van der Waals surface area contributed by atoms with Gasteiger partial charge in [-0.3, -0.25) is 9.00 Å². The molecule has 0 aromatic heterocycles. The molecule has 4 nitrogen and oxygen atoms in total. The molecule has 3 N–H and O–H groups in total. The molecule has 1 amide bonds. The molecule has 19 heavy (non-hydrogen) atoms. The Morgan fingerprint density at radius 3 is 2.47 bits per heavy atom. The first-order chi connectivity index (χ1) is 8.61. The molecule has 0 aliphatic heterocycles. The topological polar surface area (TPSA) is 72.2 Å². The summed E-state index contributed by atoms with van der Waals surface area (Å²) in [4.78, 5) is 12.2. The van der Waals surface area contributed by atoms with Gasteiger partial charge in [0.05, 0.1) is 16.5 Å². The van der Waals surface area contributed by atoms with E-state index in [1.54, 1.807) is 6.92 Å². The van der Waals surface area contributed by atoms with Crippen LogP contribution in [0.25, 0.3) is 0 Å². The van der Waals surface area contributed by atoms with Crippen molar-refractivity contribution in [3.8, 4) is 0 Å². The van der Waals surface area contributed by atoms with Gasteiger partial charge in [-0.2, -0.15) is 0 Å². The number of nitrogens with two attached hydrogens (primary N) is 1. The smallest absolute Gasteiger partial charge is 0.236 e. The number of anilines is 1.